The number of halogens is 2. The van der Waals surface area contributed by atoms with Gasteiger partial charge < -0.3 is 10.2 Å². The Morgan fingerprint density at radius 2 is 1.61 bits per heavy atom. The van der Waals surface area contributed by atoms with Crippen LogP contribution in [0.4, 0.5) is 8.78 Å². The lowest BCUT2D eigenvalue weighted by atomic mass is 9.72. The van der Waals surface area contributed by atoms with Gasteiger partial charge in [-0.1, -0.05) is 51.6 Å². The van der Waals surface area contributed by atoms with Crippen molar-refractivity contribution in [3.05, 3.63) is 83.1 Å². The molecule has 28 heavy (non-hydrogen) atoms. The van der Waals surface area contributed by atoms with E-state index in [-0.39, 0.29) is 17.3 Å². The zero-order chi connectivity index (χ0) is 20.9. The Bertz CT molecular complexity index is 908. The molecule has 5 heteroatoms. The smallest absolute Gasteiger partial charge is 0.195 e. The number of hydrogen-bond acceptors (Lipinski definition) is 1. The fourth-order valence-corrected chi connectivity index (χ4v) is 3.87. The van der Waals surface area contributed by atoms with Crippen LogP contribution in [-0.2, 0) is 11.0 Å². The molecule has 0 spiro atoms. The molecule has 3 nitrogen and oxygen atoms in total. The molecular weight excluding hydrogens is 356 g/mol. The van der Waals surface area contributed by atoms with Gasteiger partial charge in [-0.05, 0) is 41.2 Å². The van der Waals surface area contributed by atoms with E-state index < -0.39 is 17.2 Å². The summed E-state index contributed by atoms with van der Waals surface area (Å²) in [4.78, 5) is 1.67. The molecule has 0 aliphatic carbocycles. The van der Waals surface area contributed by atoms with Crippen LogP contribution in [0.25, 0.3) is 0 Å². The molecule has 2 aromatic rings. The first-order chi connectivity index (χ1) is 12.9. The Hall–Kier alpha value is -2.69. The average molecular weight is 383 g/mol. The second-order valence-corrected chi connectivity index (χ2v) is 8.69. The maximum absolute atomic E-state index is 14.0. The summed E-state index contributed by atoms with van der Waals surface area (Å²) in [7, 11) is 1.76. The van der Waals surface area contributed by atoms with Crippen molar-refractivity contribution < 1.29 is 8.78 Å². The van der Waals surface area contributed by atoms with Gasteiger partial charge in [-0.2, -0.15) is 0 Å². The summed E-state index contributed by atoms with van der Waals surface area (Å²) in [6.45, 7) is 12.5. The SMILES string of the molecule is C=C1[C@@H](c2ccc(C(C)(C)C)cc2)[C@@](C)(c2cc(F)cc(F)c2)NC(=N)N1C. The summed E-state index contributed by atoms with van der Waals surface area (Å²) in [6, 6.07) is 11.7. The Labute approximate surface area is 165 Å². The van der Waals surface area contributed by atoms with Crippen LogP contribution in [0.1, 0.15) is 50.3 Å². The fourth-order valence-electron chi connectivity index (χ4n) is 3.87. The van der Waals surface area contributed by atoms with Crippen molar-refractivity contribution in [1.82, 2.24) is 10.2 Å². The molecule has 2 aromatic carbocycles. The molecule has 1 fully saturated rings. The lowest BCUT2D eigenvalue weighted by Crippen LogP contribution is -2.58. The molecule has 148 valence electrons. The molecule has 3 rings (SSSR count). The van der Waals surface area contributed by atoms with Gasteiger partial charge in [0, 0.05) is 18.8 Å². The standard InChI is InChI=1S/C23H27F2N3/c1-14-20(15-7-9-16(10-8-15)22(2,3)4)23(5,27-21(26)28(14)6)17-11-18(24)13-19(25)12-17/h7-13,20H,1H2,2-6H3,(H2,26,27)/t20-,23+/m0/s1. The minimum atomic E-state index is -0.924. The molecule has 1 saturated heterocycles. The van der Waals surface area contributed by atoms with Crippen LogP contribution in [0.3, 0.4) is 0 Å². The van der Waals surface area contributed by atoms with E-state index in [0.29, 0.717) is 11.3 Å². The van der Waals surface area contributed by atoms with Crippen molar-refractivity contribution >= 4 is 5.96 Å². The van der Waals surface area contributed by atoms with Crippen molar-refractivity contribution in [2.45, 2.75) is 44.6 Å². The Morgan fingerprint density at radius 3 is 2.11 bits per heavy atom. The van der Waals surface area contributed by atoms with Crippen LogP contribution in [-0.4, -0.2) is 17.9 Å². The van der Waals surface area contributed by atoms with Crippen LogP contribution in [0.5, 0.6) is 0 Å². The van der Waals surface area contributed by atoms with Crippen molar-refractivity contribution in [2.75, 3.05) is 7.05 Å². The summed E-state index contributed by atoms with van der Waals surface area (Å²) < 4.78 is 28.0. The molecule has 0 bridgehead atoms. The molecule has 2 atom stereocenters. The summed E-state index contributed by atoms with van der Waals surface area (Å²) in [5, 5.41) is 11.4. The average Bonchev–Trinajstić information content (AvgIpc) is 2.59. The van der Waals surface area contributed by atoms with Gasteiger partial charge in [0.2, 0.25) is 0 Å². The highest BCUT2D eigenvalue weighted by Gasteiger charge is 2.45. The second-order valence-electron chi connectivity index (χ2n) is 8.69. The summed E-state index contributed by atoms with van der Waals surface area (Å²) in [5.74, 6) is -1.45. The quantitative estimate of drug-likeness (QED) is 0.744. The third-order valence-electron chi connectivity index (χ3n) is 5.63. The zero-order valence-corrected chi connectivity index (χ0v) is 17.0. The molecule has 0 amide bonds. The first-order valence-corrected chi connectivity index (χ1v) is 9.30. The molecule has 2 N–H and O–H groups in total. The van der Waals surface area contributed by atoms with Crippen molar-refractivity contribution in [1.29, 1.82) is 5.41 Å². The molecule has 1 aliphatic rings. The van der Waals surface area contributed by atoms with Crippen LogP contribution >= 0.6 is 0 Å². The predicted octanol–water partition coefficient (Wildman–Crippen LogP) is 5.24. The number of nitrogens with zero attached hydrogens (tertiary/aromatic N) is 1. The summed E-state index contributed by atoms with van der Waals surface area (Å²) in [5.41, 5.74) is 2.40. The van der Waals surface area contributed by atoms with Gasteiger partial charge in [0.25, 0.3) is 0 Å². The van der Waals surface area contributed by atoms with E-state index in [1.807, 2.05) is 19.1 Å². The fraction of sp³-hybridized carbons (Fsp3) is 0.348. The Balaban J connectivity index is 2.16. The topological polar surface area (TPSA) is 39.1 Å². The maximum Gasteiger partial charge on any atom is 0.195 e. The number of likely N-dealkylation sites (N-methyl/N-ethyl adjacent to an activating group) is 1. The van der Waals surface area contributed by atoms with E-state index >= 15 is 0 Å². The van der Waals surface area contributed by atoms with Crippen LogP contribution in [0, 0.1) is 17.0 Å². The summed E-state index contributed by atoms with van der Waals surface area (Å²) in [6.07, 6.45) is 0. The van der Waals surface area contributed by atoms with Crippen LogP contribution < -0.4 is 5.32 Å². The third kappa shape index (κ3) is 3.41. The number of nitrogens with one attached hydrogen (secondary N) is 2. The van der Waals surface area contributed by atoms with Gasteiger partial charge in [0.1, 0.15) is 11.6 Å². The largest absolute Gasteiger partial charge is 0.346 e. The summed E-state index contributed by atoms with van der Waals surface area (Å²) >= 11 is 0. The van der Waals surface area contributed by atoms with Crippen molar-refractivity contribution in [2.24, 2.45) is 0 Å². The lowest BCUT2D eigenvalue weighted by Gasteiger charge is -2.48. The van der Waals surface area contributed by atoms with Crippen LogP contribution in [0.2, 0.25) is 0 Å². The number of guanidine groups is 1. The molecule has 1 heterocycles. The first-order valence-electron chi connectivity index (χ1n) is 9.30. The van der Waals surface area contributed by atoms with Gasteiger partial charge in [-0.15, -0.1) is 0 Å². The predicted molar refractivity (Wildman–Crippen MR) is 109 cm³/mol. The first kappa shape index (κ1) is 20.1. The highest BCUT2D eigenvalue weighted by atomic mass is 19.1. The van der Waals surface area contributed by atoms with Gasteiger partial charge >= 0.3 is 0 Å². The molecule has 0 radical (unpaired) electrons. The second kappa shape index (κ2) is 6.73. The van der Waals surface area contributed by atoms with Gasteiger partial charge in [0.05, 0.1) is 11.5 Å². The minimum Gasteiger partial charge on any atom is -0.346 e. The molecule has 1 aliphatic heterocycles. The van der Waals surface area contributed by atoms with Crippen LogP contribution in [0.15, 0.2) is 54.7 Å². The maximum atomic E-state index is 14.0. The van der Waals surface area contributed by atoms with E-state index in [9.17, 15) is 8.78 Å². The zero-order valence-electron chi connectivity index (χ0n) is 17.0. The highest BCUT2D eigenvalue weighted by molar-refractivity contribution is 5.81. The van der Waals surface area contributed by atoms with E-state index in [4.69, 9.17) is 5.41 Å². The normalized spacial score (nSPS) is 23.0. The lowest BCUT2D eigenvalue weighted by molar-refractivity contribution is 0.290. The number of hydrogen-bond donors (Lipinski definition) is 2. The number of rotatable bonds is 2. The van der Waals surface area contributed by atoms with E-state index in [2.05, 4.69) is 44.8 Å². The van der Waals surface area contributed by atoms with Crippen molar-refractivity contribution in [3.8, 4) is 0 Å². The van der Waals surface area contributed by atoms with E-state index in [1.165, 1.54) is 17.7 Å². The highest BCUT2D eigenvalue weighted by Crippen LogP contribution is 2.45. The van der Waals surface area contributed by atoms with Crippen molar-refractivity contribution in [3.63, 3.8) is 0 Å². The minimum absolute atomic E-state index is 0.0221. The van der Waals surface area contributed by atoms with Gasteiger partial charge in [0.15, 0.2) is 5.96 Å². The molecule has 0 unspecified atom stereocenters. The van der Waals surface area contributed by atoms with E-state index in [0.717, 1.165) is 11.6 Å². The van der Waals surface area contributed by atoms with Gasteiger partial charge in [-0.3, -0.25) is 5.41 Å². The third-order valence-corrected chi connectivity index (χ3v) is 5.63. The van der Waals surface area contributed by atoms with Gasteiger partial charge in [-0.25, -0.2) is 8.78 Å². The Morgan fingerprint density at radius 1 is 1.07 bits per heavy atom. The molecule has 0 aromatic heterocycles. The number of benzene rings is 2. The van der Waals surface area contributed by atoms with E-state index in [1.54, 1.807) is 11.9 Å². The monoisotopic (exact) mass is 383 g/mol. The molecular formula is C23H27F2N3. The Kier molecular flexibility index (Phi) is 4.82. The molecule has 0 saturated carbocycles.